The van der Waals surface area contributed by atoms with Crippen molar-refractivity contribution >= 4 is 5.91 Å². The Morgan fingerprint density at radius 2 is 1.96 bits per heavy atom. The minimum Gasteiger partial charge on any atom is -0.364 e. The van der Waals surface area contributed by atoms with Gasteiger partial charge in [-0.3, -0.25) is 14.4 Å². The maximum atomic E-state index is 12.6. The van der Waals surface area contributed by atoms with Gasteiger partial charge in [0.2, 0.25) is 0 Å². The molecule has 0 spiro atoms. The molecule has 2 aliphatic heterocycles. The van der Waals surface area contributed by atoms with Gasteiger partial charge in [0.15, 0.2) is 0 Å². The highest BCUT2D eigenvalue weighted by molar-refractivity contribution is 5.81. The van der Waals surface area contributed by atoms with Crippen molar-refractivity contribution in [2.45, 2.75) is 45.4 Å². The van der Waals surface area contributed by atoms with E-state index in [9.17, 15) is 4.79 Å². The highest BCUT2D eigenvalue weighted by Gasteiger charge is 2.34. The summed E-state index contributed by atoms with van der Waals surface area (Å²) < 4.78 is 7.68. The predicted octanol–water partition coefficient (Wildman–Crippen LogP) is 0.187. The number of aromatic nitrogens is 2. The average Bonchev–Trinajstić information content (AvgIpc) is 3.15. The van der Waals surface area contributed by atoms with Crippen LogP contribution >= 0.6 is 0 Å². The van der Waals surface area contributed by atoms with Crippen LogP contribution in [0, 0.1) is 13.8 Å². The van der Waals surface area contributed by atoms with Gasteiger partial charge in [0, 0.05) is 57.6 Å². The van der Waals surface area contributed by atoms with Crippen molar-refractivity contribution in [3.8, 4) is 0 Å². The van der Waals surface area contributed by atoms with Crippen molar-refractivity contribution in [2.24, 2.45) is 12.8 Å². The first-order valence-corrected chi connectivity index (χ1v) is 8.85. The summed E-state index contributed by atoms with van der Waals surface area (Å²) in [6.45, 7) is 8.91. The molecule has 1 amide bonds. The molecule has 7 heteroatoms. The second-order valence-corrected chi connectivity index (χ2v) is 6.93. The molecule has 24 heavy (non-hydrogen) atoms. The van der Waals surface area contributed by atoms with Crippen LogP contribution in [0.2, 0.25) is 0 Å². The molecule has 0 aromatic carbocycles. The maximum Gasteiger partial charge on any atom is 0.251 e. The van der Waals surface area contributed by atoms with E-state index in [0.717, 1.165) is 51.3 Å². The van der Waals surface area contributed by atoms with Crippen molar-refractivity contribution in [3.63, 3.8) is 0 Å². The topological polar surface area (TPSA) is 76.6 Å². The van der Waals surface area contributed by atoms with Crippen molar-refractivity contribution in [3.05, 3.63) is 17.0 Å². The number of piperazine rings is 1. The van der Waals surface area contributed by atoms with Crippen LogP contribution in [0.25, 0.3) is 0 Å². The standard InChI is InChI=1S/C17H29N5O2/c1-12-15(13(2)20(3)19-12)11-21-6-8-22(9-7-21)17(23)16-5-4-14(10-18)24-16/h14,16H,4-11,18H2,1-3H3/t14-,16+/m1/s1. The van der Waals surface area contributed by atoms with Crippen molar-refractivity contribution in [1.29, 1.82) is 0 Å². The molecule has 0 saturated carbocycles. The third-order valence-corrected chi connectivity index (χ3v) is 5.37. The zero-order chi connectivity index (χ0) is 17.3. The summed E-state index contributed by atoms with van der Waals surface area (Å²) in [5, 5.41) is 4.49. The van der Waals surface area contributed by atoms with Crippen LogP contribution in [0.15, 0.2) is 0 Å². The molecular weight excluding hydrogens is 306 g/mol. The third-order valence-electron chi connectivity index (χ3n) is 5.37. The average molecular weight is 335 g/mol. The van der Waals surface area contributed by atoms with E-state index in [2.05, 4.69) is 23.8 Å². The lowest BCUT2D eigenvalue weighted by Gasteiger charge is -2.35. The summed E-state index contributed by atoms with van der Waals surface area (Å²) in [7, 11) is 1.98. The number of nitrogens with zero attached hydrogens (tertiary/aromatic N) is 4. The summed E-state index contributed by atoms with van der Waals surface area (Å²) >= 11 is 0. The lowest BCUT2D eigenvalue weighted by atomic mass is 10.1. The molecule has 1 aromatic rings. The van der Waals surface area contributed by atoms with Crippen LogP contribution in [0.1, 0.15) is 29.8 Å². The van der Waals surface area contributed by atoms with Gasteiger partial charge in [0.1, 0.15) is 6.10 Å². The number of carbonyl (C=O) groups excluding carboxylic acids is 1. The molecule has 2 atom stereocenters. The molecule has 2 aliphatic rings. The van der Waals surface area contributed by atoms with Gasteiger partial charge in [-0.1, -0.05) is 0 Å². The molecule has 2 saturated heterocycles. The van der Waals surface area contributed by atoms with Crippen molar-refractivity contribution in [2.75, 3.05) is 32.7 Å². The first kappa shape index (κ1) is 17.4. The lowest BCUT2D eigenvalue weighted by Crippen LogP contribution is -2.51. The summed E-state index contributed by atoms with van der Waals surface area (Å²) in [6, 6.07) is 0. The normalized spacial score (nSPS) is 25.4. The number of ether oxygens (including phenoxy) is 1. The molecule has 2 N–H and O–H groups in total. The number of nitrogens with two attached hydrogens (primary N) is 1. The highest BCUT2D eigenvalue weighted by Crippen LogP contribution is 2.22. The summed E-state index contributed by atoms with van der Waals surface area (Å²) in [5.41, 5.74) is 9.25. The van der Waals surface area contributed by atoms with Gasteiger partial charge in [0.25, 0.3) is 5.91 Å². The minimum atomic E-state index is -0.284. The van der Waals surface area contributed by atoms with E-state index in [1.54, 1.807) is 0 Å². The van der Waals surface area contributed by atoms with Crippen LogP contribution in [-0.4, -0.2) is 70.4 Å². The third kappa shape index (κ3) is 3.48. The van der Waals surface area contributed by atoms with Crippen LogP contribution < -0.4 is 5.73 Å². The maximum absolute atomic E-state index is 12.6. The monoisotopic (exact) mass is 335 g/mol. The van der Waals surface area contributed by atoms with E-state index in [-0.39, 0.29) is 18.1 Å². The Balaban J connectivity index is 1.51. The zero-order valence-electron chi connectivity index (χ0n) is 15.0. The van der Waals surface area contributed by atoms with E-state index >= 15 is 0 Å². The van der Waals surface area contributed by atoms with Gasteiger partial charge < -0.3 is 15.4 Å². The molecular formula is C17H29N5O2. The SMILES string of the molecule is Cc1nn(C)c(C)c1CN1CCN(C(=O)[C@@H]2CC[C@H](CN)O2)CC1. The van der Waals surface area contributed by atoms with Crippen molar-refractivity contribution in [1.82, 2.24) is 19.6 Å². The highest BCUT2D eigenvalue weighted by atomic mass is 16.5. The molecule has 134 valence electrons. The second kappa shape index (κ2) is 7.21. The smallest absolute Gasteiger partial charge is 0.251 e. The van der Waals surface area contributed by atoms with Gasteiger partial charge in [-0.15, -0.1) is 0 Å². The zero-order valence-corrected chi connectivity index (χ0v) is 15.0. The second-order valence-electron chi connectivity index (χ2n) is 6.93. The fourth-order valence-corrected chi connectivity index (χ4v) is 3.66. The van der Waals surface area contributed by atoms with E-state index in [1.165, 1.54) is 11.3 Å². The van der Waals surface area contributed by atoms with Gasteiger partial charge in [-0.2, -0.15) is 5.10 Å². The van der Waals surface area contributed by atoms with E-state index in [1.807, 2.05) is 16.6 Å². The van der Waals surface area contributed by atoms with Gasteiger partial charge in [-0.05, 0) is 26.7 Å². The number of rotatable bonds is 4. The van der Waals surface area contributed by atoms with E-state index in [4.69, 9.17) is 10.5 Å². The van der Waals surface area contributed by atoms with Crippen LogP contribution in [-0.2, 0) is 23.1 Å². The van der Waals surface area contributed by atoms with Crippen LogP contribution in [0.5, 0.6) is 0 Å². The summed E-state index contributed by atoms with van der Waals surface area (Å²) in [5.74, 6) is 0.138. The molecule has 0 bridgehead atoms. The predicted molar refractivity (Wildman–Crippen MR) is 91.5 cm³/mol. The molecule has 0 aliphatic carbocycles. The molecule has 0 radical (unpaired) electrons. The quantitative estimate of drug-likeness (QED) is 0.850. The molecule has 3 heterocycles. The number of hydrogen-bond donors (Lipinski definition) is 1. The van der Waals surface area contributed by atoms with E-state index < -0.39 is 0 Å². The fraction of sp³-hybridized carbons (Fsp3) is 0.765. The van der Waals surface area contributed by atoms with Gasteiger partial charge in [0.05, 0.1) is 11.8 Å². The molecule has 3 rings (SSSR count). The van der Waals surface area contributed by atoms with Gasteiger partial charge >= 0.3 is 0 Å². The number of aryl methyl sites for hydroxylation is 2. The largest absolute Gasteiger partial charge is 0.364 e. The Hall–Kier alpha value is -1.44. The van der Waals surface area contributed by atoms with Crippen LogP contribution in [0.3, 0.4) is 0 Å². The Labute approximate surface area is 143 Å². The number of carbonyl (C=O) groups is 1. The Bertz CT molecular complexity index is 592. The fourth-order valence-electron chi connectivity index (χ4n) is 3.66. The van der Waals surface area contributed by atoms with Crippen molar-refractivity contribution < 1.29 is 9.53 Å². The van der Waals surface area contributed by atoms with Crippen LogP contribution in [0.4, 0.5) is 0 Å². The van der Waals surface area contributed by atoms with Gasteiger partial charge in [-0.25, -0.2) is 0 Å². The Morgan fingerprint density at radius 1 is 1.25 bits per heavy atom. The van der Waals surface area contributed by atoms with E-state index in [0.29, 0.717) is 6.54 Å². The molecule has 7 nitrogen and oxygen atoms in total. The Morgan fingerprint density at radius 3 is 2.50 bits per heavy atom. The number of amides is 1. The lowest BCUT2D eigenvalue weighted by molar-refractivity contribution is -0.144. The Kier molecular flexibility index (Phi) is 5.22. The first-order valence-electron chi connectivity index (χ1n) is 8.85. The molecule has 2 fully saturated rings. The summed E-state index contributed by atoms with van der Waals surface area (Å²) in [4.78, 5) is 16.9. The minimum absolute atomic E-state index is 0.0526. The molecule has 1 aromatic heterocycles. The summed E-state index contributed by atoms with van der Waals surface area (Å²) in [6.07, 6.45) is 1.46. The number of hydrogen-bond acceptors (Lipinski definition) is 5. The first-order chi connectivity index (χ1) is 11.5. The molecule has 0 unspecified atom stereocenters.